The number of amides is 1. The van der Waals surface area contributed by atoms with Crippen molar-refractivity contribution in [2.75, 3.05) is 6.54 Å². The fourth-order valence-corrected chi connectivity index (χ4v) is 4.13. The number of rotatable bonds is 4. The molecule has 2 heterocycles. The molecule has 1 saturated carbocycles. The van der Waals surface area contributed by atoms with E-state index in [0.29, 0.717) is 23.4 Å². The number of hydrogen-bond acceptors (Lipinski definition) is 3. The van der Waals surface area contributed by atoms with Crippen molar-refractivity contribution >= 4 is 21.8 Å². The van der Waals surface area contributed by atoms with Gasteiger partial charge in [0, 0.05) is 41.7 Å². The molecule has 23 heavy (non-hydrogen) atoms. The Hall–Kier alpha value is -1.30. The fourth-order valence-electron chi connectivity index (χ4n) is 3.70. The van der Waals surface area contributed by atoms with Gasteiger partial charge in [-0.1, -0.05) is 15.9 Å². The predicted octanol–water partition coefficient (Wildman–Crippen LogP) is 2.97. The van der Waals surface area contributed by atoms with Crippen molar-refractivity contribution < 1.29 is 9.53 Å². The number of hydrogen-bond donors (Lipinski definition) is 1. The summed E-state index contributed by atoms with van der Waals surface area (Å²) in [7, 11) is 0. The molecule has 1 aliphatic carbocycles. The lowest BCUT2D eigenvalue weighted by Gasteiger charge is -2.44. The van der Waals surface area contributed by atoms with Crippen molar-refractivity contribution in [3.05, 3.63) is 28.2 Å². The third kappa shape index (κ3) is 3.47. The number of carbonyl (C=O) groups is 1. The van der Waals surface area contributed by atoms with E-state index in [1.165, 1.54) is 6.07 Å². The molecule has 1 saturated heterocycles. The molecular formula is C17H23BrN2O3. The summed E-state index contributed by atoms with van der Waals surface area (Å²) in [6.07, 6.45) is 7.21. The van der Waals surface area contributed by atoms with Gasteiger partial charge in [-0.15, -0.1) is 0 Å². The van der Waals surface area contributed by atoms with E-state index >= 15 is 0 Å². The van der Waals surface area contributed by atoms with Gasteiger partial charge in [0.05, 0.1) is 6.10 Å². The van der Waals surface area contributed by atoms with Crippen molar-refractivity contribution in [3.8, 4) is 5.75 Å². The Morgan fingerprint density at radius 2 is 2.13 bits per heavy atom. The van der Waals surface area contributed by atoms with Gasteiger partial charge in [0.2, 0.25) is 5.91 Å². The lowest BCUT2D eigenvalue weighted by atomic mass is 9.80. The van der Waals surface area contributed by atoms with Gasteiger partial charge in [0.1, 0.15) is 5.75 Å². The second-order valence-corrected chi connectivity index (χ2v) is 7.34. The van der Waals surface area contributed by atoms with E-state index in [4.69, 9.17) is 4.74 Å². The summed E-state index contributed by atoms with van der Waals surface area (Å²) >= 11 is 3.42. The molecule has 1 aliphatic heterocycles. The normalized spacial score (nSPS) is 28.2. The third-order valence-electron chi connectivity index (χ3n) is 5.14. The Balaban J connectivity index is 1.64. The highest BCUT2D eigenvalue weighted by Gasteiger charge is 2.41. The average Bonchev–Trinajstić information content (AvgIpc) is 2.97. The monoisotopic (exact) mass is 382 g/mol. The minimum absolute atomic E-state index is 0.0279. The maximum atomic E-state index is 12.0. The summed E-state index contributed by atoms with van der Waals surface area (Å²) in [5.41, 5.74) is 0.778. The molecule has 0 aromatic carbocycles. The standard InChI is InChI=1S/C17H23BrN2O3/c1-17(20-8-2-3-16(20)22)6-4-13(5-7-17)23-14-9-15(21)19-11-12(14)10-18/h9,11,13H,2-8,10H2,1H3,(H,19,21). The van der Waals surface area contributed by atoms with E-state index in [1.54, 1.807) is 6.20 Å². The fraction of sp³-hybridized carbons (Fsp3) is 0.647. The van der Waals surface area contributed by atoms with Gasteiger partial charge >= 0.3 is 0 Å². The van der Waals surface area contributed by atoms with Crippen LogP contribution in [0, 0.1) is 0 Å². The molecule has 1 aromatic rings. The van der Waals surface area contributed by atoms with Crippen LogP contribution in [0.4, 0.5) is 0 Å². The van der Waals surface area contributed by atoms with E-state index in [-0.39, 0.29) is 17.2 Å². The quantitative estimate of drug-likeness (QED) is 0.814. The molecule has 2 fully saturated rings. The first-order chi connectivity index (χ1) is 11.0. The van der Waals surface area contributed by atoms with Gasteiger partial charge in [-0.25, -0.2) is 0 Å². The molecule has 1 amide bonds. The van der Waals surface area contributed by atoms with Gasteiger partial charge in [-0.3, -0.25) is 9.59 Å². The number of aromatic nitrogens is 1. The summed E-state index contributed by atoms with van der Waals surface area (Å²) in [6.45, 7) is 3.09. The van der Waals surface area contributed by atoms with Crippen molar-refractivity contribution in [2.24, 2.45) is 0 Å². The molecular weight excluding hydrogens is 360 g/mol. The zero-order chi connectivity index (χ0) is 16.4. The molecule has 0 unspecified atom stereocenters. The van der Waals surface area contributed by atoms with Crippen molar-refractivity contribution in [3.63, 3.8) is 0 Å². The minimum atomic E-state index is -0.145. The number of H-pyrrole nitrogens is 1. The predicted molar refractivity (Wildman–Crippen MR) is 91.9 cm³/mol. The Labute approximate surface area is 144 Å². The number of pyridine rings is 1. The summed E-state index contributed by atoms with van der Waals surface area (Å²) in [4.78, 5) is 28.3. The third-order valence-corrected chi connectivity index (χ3v) is 5.74. The molecule has 2 aliphatic rings. The van der Waals surface area contributed by atoms with Crippen LogP contribution in [0.1, 0.15) is 51.0 Å². The van der Waals surface area contributed by atoms with Crippen LogP contribution in [0.3, 0.4) is 0 Å². The van der Waals surface area contributed by atoms with Crippen LogP contribution in [0.2, 0.25) is 0 Å². The van der Waals surface area contributed by atoms with Gasteiger partial charge < -0.3 is 14.6 Å². The zero-order valence-corrected chi connectivity index (χ0v) is 15.0. The van der Waals surface area contributed by atoms with Crippen LogP contribution in [0.25, 0.3) is 0 Å². The van der Waals surface area contributed by atoms with E-state index in [9.17, 15) is 9.59 Å². The van der Waals surface area contributed by atoms with Crippen molar-refractivity contribution in [1.29, 1.82) is 0 Å². The number of carbonyl (C=O) groups excluding carboxylic acids is 1. The van der Waals surface area contributed by atoms with E-state index in [2.05, 4.69) is 32.7 Å². The number of ether oxygens (including phenoxy) is 1. The Bertz CT molecular complexity index is 635. The zero-order valence-electron chi connectivity index (χ0n) is 13.4. The first-order valence-electron chi connectivity index (χ1n) is 8.26. The Kier molecular flexibility index (Phi) is 4.80. The largest absolute Gasteiger partial charge is 0.490 e. The maximum Gasteiger partial charge on any atom is 0.251 e. The number of nitrogens with zero attached hydrogens (tertiary/aromatic N) is 1. The second kappa shape index (κ2) is 6.67. The van der Waals surface area contributed by atoms with Crippen molar-refractivity contribution in [1.82, 2.24) is 9.88 Å². The first kappa shape index (κ1) is 16.6. The minimum Gasteiger partial charge on any atom is -0.490 e. The van der Waals surface area contributed by atoms with Crippen LogP contribution >= 0.6 is 15.9 Å². The number of nitrogens with one attached hydrogen (secondary N) is 1. The maximum absolute atomic E-state index is 12.0. The van der Waals surface area contributed by atoms with Gasteiger partial charge in [-0.2, -0.15) is 0 Å². The topological polar surface area (TPSA) is 62.4 Å². The molecule has 126 valence electrons. The Morgan fingerprint density at radius 3 is 2.74 bits per heavy atom. The number of aromatic amines is 1. The molecule has 0 bridgehead atoms. The number of halogens is 1. The van der Waals surface area contributed by atoms with Gasteiger partial charge in [0.25, 0.3) is 5.56 Å². The molecule has 0 spiro atoms. The van der Waals surface area contributed by atoms with Gasteiger partial charge in [-0.05, 0) is 39.0 Å². The van der Waals surface area contributed by atoms with E-state index < -0.39 is 0 Å². The molecule has 1 N–H and O–H groups in total. The Morgan fingerprint density at radius 1 is 1.39 bits per heavy atom. The summed E-state index contributed by atoms with van der Waals surface area (Å²) in [5, 5.41) is 0.645. The first-order valence-corrected chi connectivity index (χ1v) is 9.39. The number of likely N-dealkylation sites (tertiary alicyclic amines) is 1. The molecule has 5 nitrogen and oxygen atoms in total. The summed E-state index contributed by atoms with van der Waals surface area (Å²) < 4.78 is 6.09. The highest BCUT2D eigenvalue weighted by atomic mass is 79.9. The highest BCUT2D eigenvalue weighted by Crippen LogP contribution is 2.37. The molecule has 6 heteroatoms. The SMILES string of the molecule is CC1(N2CCCC2=O)CCC(Oc2cc(=O)[nH]cc2CBr)CC1. The van der Waals surface area contributed by atoms with Crippen LogP contribution in [0.5, 0.6) is 5.75 Å². The summed E-state index contributed by atoms with van der Waals surface area (Å²) in [6, 6.07) is 1.52. The number of alkyl halides is 1. The van der Waals surface area contributed by atoms with E-state index in [1.807, 2.05) is 0 Å². The van der Waals surface area contributed by atoms with Crippen LogP contribution in [-0.4, -0.2) is 34.0 Å². The van der Waals surface area contributed by atoms with E-state index in [0.717, 1.165) is 44.2 Å². The smallest absolute Gasteiger partial charge is 0.251 e. The second-order valence-electron chi connectivity index (χ2n) is 6.78. The van der Waals surface area contributed by atoms with Crippen LogP contribution in [0.15, 0.2) is 17.1 Å². The molecule has 3 rings (SSSR count). The lowest BCUT2D eigenvalue weighted by molar-refractivity contribution is -0.134. The van der Waals surface area contributed by atoms with Crippen molar-refractivity contribution in [2.45, 2.75) is 62.4 Å². The van der Waals surface area contributed by atoms with Gasteiger partial charge in [0.15, 0.2) is 0 Å². The van der Waals surface area contributed by atoms with Crippen LogP contribution < -0.4 is 10.3 Å². The summed E-state index contributed by atoms with van der Waals surface area (Å²) in [5.74, 6) is 0.958. The molecule has 0 radical (unpaired) electrons. The molecule has 1 aromatic heterocycles. The molecule has 0 atom stereocenters. The highest BCUT2D eigenvalue weighted by molar-refractivity contribution is 9.08. The average molecular weight is 383 g/mol. The van der Waals surface area contributed by atoms with Crippen LogP contribution in [-0.2, 0) is 10.1 Å². The lowest BCUT2D eigenvalue weighted by Crippen LogP contribution is -2.50.